The first-order valence-corrected chi connectivity index (χ1v) is 7.84. The van der Waals surface area contributed by atoms with E-state index in [1.54, 1.807) is 0 Å². The van der Waals surface area contributed by atoms with Crippen LogP contribution in [0.2, 0.25) is 0 Å². The van der Waals surface area contributed by atoms with Crippen molar-refractivity contribution in [3.63, 3.8) is 0 Å². The van der Waals surface area contributed by atoms with Gasteiger partial charge in [-0.3, -0.25) is 4.79 Å². The maximum atomic E-state index is 12.5. The first-order valence-electron chi connectivity index (χ1n) is 7.04. The molecule has 0 aliphatic carbocycles. The van der Waals surface area contributed by atoms with Gasteiger partial charge in [0.2, 0.25) is 5.78 Å². The SMILES string of the molecule is CCC/C(=C\c1cccc(Br)c1)C(=O)C1=CCCCO1. The van der Waals surface area contributed by atoms with Crippen LogP contribution in [0.3, 0.4) is 0 Å². The van der Waals surface area contributed by atoms with Gasteiger partial charge < -0.3 is 4.74 Å². The molecule has 1 aromatic rings. The van der Waals surface area contributed by atoms with Crippen molar-refractivity contribution in [2.75, 3.05) is 6.61 Å². The Bertz CT molecular complexity index is 544. The predicted octanol–water partition coefficient (Wildman–Crippen LogP) is 4.90. The quantitative estimate of drug-likeness (QED) is 0.716. The Morgan fingerprint density at radius 3 is 2.95 bits per heavy atom. The van der Waals surface area contributed by atoms with E-state index in [0.29, 0.717) is 12.4 Å². The van der Waals surface area contributed by atoms with Gasteiger partial charge in [-0.15, -0.1) is 0 Å². The standard InChI is InChI=1S/C17H19BrO2/c1-2-6-14(11-13-7-5-8-15(18)12-13)17(19)16-9-3-4-10-20-16/h5,7-9,11-12H,2-4,6,10H2,1H3/b14-11+. The summed E-state index contributed by atoms with van der Waals surface area (Å²) in [5.41, 5.74) is 1.85. The summed E-state index contributed by atoms with van der Waals surface area (Å²) in [7, 11) is 0. The van der Waals surface area contributed by atoms with E-state index in [1.165, 1.54) is 0 Å². The van der Waals surface area contributed by atoms with Crippen LogP contribution in [0, 0.1) is 0 Å². The molecule has 2 nitrogen and oxygen atoms in total. The number of rotatable bonds is 5. The summed E-state index contributed by atoms with van der Waals surface area (Å²) in [6.07, 6.45) is 7.52. The molecule has 0 saturated heterocycles. The molecule has 0 unspecified atom stereocenters. The van der Waals surface area contributed by atoms with Crippen LogP contribution in [0.25, 0.3) is 6.08 Å². The largest absolute Gasteiger partial charge is 0.490 e. The molecule has 0 fully saturated rings. The minimum atomic E-state index is 0.0338. The van der Waals surface area contributed by atoms with Crippen molar-refractivity contribution in [2.45, 2.75) is 32.6 Å². The van der Waals surface area contributed by atoms with E-state index in [9.17, 15) is 4.79 Å². The Labute approximate surface area is 128 Å². The minimum absolute atomic E-state index is 0.0338. The number of carbonyl (C=O) groups excluding carboxylic acids is 1. The van der Waals surface area contributed by atoms with Crippen LogP contribution in [-0.2, 0) is 9.53 Å². The molecule has 0 atom stereocenters. The maximum Gasteiger partial charge on any atom is 0.223 e. The third kappa shape index (κ3) is 4.07. The van der Waals surface area contributed by atoms with E-state index in [-0.39, 0.29) is 5.78 Å². The van der Waals surface area contributed by atoms with Gasteiger partial charge in [0, 0.05) is 10.0 Å². The second-order valence-electron chi connectivity index (χ2n) is 4.86. The summed E-state index contributed by atoms with van der Waals surface area (Å²) >= 11 is 3.45. The van der Waals surface area contributed by atoms with Gasteiger partial charge in [0.05, 0.1) is 6.61 Å². The number of carbonyl (C=O) groups is 1. The van der Waals surface area contributed by atoms with Crippen molar-refractivity contribution in [1.82, 2.24) is 0 Å². The minimum Gasteiger partial charge on any atom is -0.490 e. The van der Waals surface area contributed by atoms with Gasteiger partial charge in [0.1, 0.15) is 0 Å². The lowest BCUT2D eigenvalue weighted by atomic mass is 10.00. The number of benzene rings is 1. The molecule has 0 spiro atoms. The Morgan fingerprint density at radius 1 is 1.45 bits per heavy atom. The van der Waals surface area contributed by atoms with Crippen LogP contribution >= 0.6 is 15.9 Å². The second kappa shape index (κ2) is 7.44. The highest BCUT2D eigenvalue weighted by Crippen LogP contribution is 2.21. The molecular weight excluding hydrogens is 316 g/mol. The molecule has 2 rings (SSSR count). The van der Waals surface area contributed by atoms with Crippen molar-refractivity contribution < 1.29 is 9.53 Å². The molecule has 106 valence electrons. The summed E-state index contributed by atoms with van der Waals surface area (Å²) < 4.78 is 6.51. The molecule has 0 saturated carbocycles. The molecular formula is C17H19BrO2. The first kappa shape index (κ1) is 15.0. The molecule has 0 radical (unpaired) electrons. The van der Waals surface area contributed by atoms with Crippen LogP contribution < -0.4 is 0 Å². The van der Waals surface area contributed by atoms with Crippen molar-refractivity contribution in [3.8, 4) is 0 Å². The average Bonchev–Trinajstić information content (AvgIpc) is 2.47. The number of allylic oxidation sites excluding steroid dienone is 2. The average molecular weight is 335 g/mol. The number of Topliss-reactive ketones (excluding diaryl/α,β-unsaturated/α-hetero) is 1. The first-order chi connectivity index (χ1) is 9.70. The smallest absolute Gasteiger partial charge is 0.223 e. The molecule has 0 bridgehead atoms. The molecule has 0 aromatic heterocycles. The molecule has 1 aromatic carbocycles. The second-order valence-corrected chi connectivity index (χ2v) is 5.78. The van der Waals surface area contributed by atoms with E-state index < -0.39 is 0 Å². The van der Waals surface area contributed by atoms with Crippen molar-refractivity contribution in [1.29, 1.82) is 0 Å². The third-order valence-electron chi connectivity index (χ3n) is 3.16. The molecule has 20 heavy (non-hydrogen) atoms. The van der Waals surface area contributed by atoms with Crippen molar-refractivity contribution in [2.24, 2.45) is 0 Å². The number of hydrogen-bond donors (Lipinski definition) is 0. The van der Waals surface area contributed by atoms with E-state index in [2.05, 4.69) is 22.9 Å². The molecule has 1 aliphatic rings. The Morgan fingerprint density at radius 2 is 2.30 bits per heavy atom. The van der Waals surface area contributed by atoms with Crippen LogP contribution in [0.4, 0.5) is 0 Å². The monoisotopic (exact) mass is 334 g/mol. The zero-order valence-electron chi connectivity index (χ0n) is 11.7. The number of halogens is 1. The molecule has 3 heteroatoms. The summed E-state index contributed by atoms with van der Waals surface area (Å²) in [5, 5.41) is 0. The van der Waals surface area contributed by atoms with Crippen molar-refractivity contribution in [3.05, 3.63) is 51.7 Å². The van der Waals surface area contributed by atoms with Gasteiger partial charge in [-0.05, 0) is 49.1 Å². The van der Waals surface area contributed by atoms with Gasteiger partial charge in [-0.1, -0.05) is 41.4 Å². The normalized spacial score (nSPS) is 15.5. The number of ether oxygens (including phenoxy) is 1. The highest BCUT2D eigenvalue weighted by molar-refractivity contribution is 9.10. The Hall–Kier alpha value is -1.35. The van der Waals surface area contributed by atoms with Gasteiger partial charge in [0.25, 0.3) is 0 Å². The Balaban J connectivity index is 2.26. The van der Waals surface area contributed by atoms with Crippen LogP contribution in [-0.4, -0.2) is 12.4 Å². The van der Waals surface area contributed by atoms with Gasteiger partial charge in [-0.2, -0.15) is 0 Å². The van der Waals surface area contributed by atoms with Crippen molar-refractivity contribution >= 4 is 27.8 Å². The lowest BCUT2D eigenvalue weighted by molar-refractivity contribution is -0.115. The van der Waals surface area contributed by atoms with Crippen LogP contribution in [0.5, 0.6) is 0 Å². The highest BCUT2D eigenvalue weighted by atomic mass is 79.9. The number of ketones is 1. The van der Waals surface area contributed by atoms with E-state index in [0.717, 1.165) is 41.3 Å². The molecule has 1 heterocycles. The lowest BCUT2D eigenvalue weighted by Gasteiger charge is -2.15. The fraction of sp³-hybridized carbons (Fsp3) is 0.353. The molecule has 1 aliphatic heterocycles. The topological polar surface area (TPSA) is 26.3 Å². The summed E-state index contributed by atoms with van der Waals surface area (Å²) in [5.74, 6) is 0.553. The van der Waals surface area contributed by atoms with Gasteiger partial charge in [-0.25, -0.2) is 0 Å². The van der Waals surface area contributed by atoms with Crippen LogP contribution in [0.15, 0.2) is 46.1 Å². The number of hydrogen-bond acceptors (Lipinski definition) is 2. The summed E-state index contributed by atoms with van der Waals surface area (Å²) in [6, 6.07) is 7.97. The highest BCUT2D eigenvalue weighted by Gasteiger charge is 2.17. The Kier molecular flexibility index (Phi) is 5.60. The van der Waals surface area contributed by atoms with E-state index >= 15 is 0 Å². The van der Waals surface area contributed by atoms with Crippen LogP contribution in [0.1, 0.15) is 38.2 Å². The predicted molar refractivity (Wildman–Crippen MR) is 85.3 cm³/mol. The summed E-state index contributed by atoms with van der Waals surface area (Å²) in [6.45, 7) is 2.73. The lowest BCUT2D eigenvalue weighted by Crippen LogP contribution is -2.13. The zero-order valence-corrected chi connectivity index (χ0v) is 13.3. The van der Waals surface area contributed by atoms with E-state index in [4.69, 9.17) is 4.74 Å². The third-order valence-corrected chi connectivity index (χ3v) is 3.65. The van der Waals surface area contributed by atoms with Gasteiger partial charge >= 0.3 is 0 Å². The maximum absolute atomic E-state index is 12.5. The fourth-order valence-corrected chi connectivity index (χ4v) is 2.61. The summed E-state index contributed by atoms with van der Waals surface area (Å²) in [4.78, 5) is 12.5. The zero-order chi connectivity index (χ0) is 14.4. The fourth-order valence-electron chi connectivity index (χ4n) is 2.19. The molecule has 0 amide bonds. The van der Waals surface area contributed by atoms with Gasteiger partial charge in [0.15, 0.2) is 5.76 Å². The van der Waals surface area contributed by atoms with E-state index in [1.807, 2.05) is 36.4 Å². The molecule has 0 N–H and O–H groups in total.